The van der Waals surface area contributed by atoms with Crippen molar-refractivity contribution in [3.05, 3.63) is 17.0 Å². The van der Waals surface area contributed by atoms with E-state index in [-0.39, 0.29) is 0 Å². The third-order valence-electron chi connectivity index (χ3n) is 5.67. The summed E-state index contributed by atoms with van der Waals surface area (Å²) in [4.78, 5) is 7.19. The number of nitrogens with one attached hydrogen (secondary N) is 1. The summed E-state index contributed by atoms with van der Waals surface area (Å²) in [7, 11) is 0. The summed E-state index contributed by atoms with van der Waals surface area (Å²) in [5.41, 5.74) is 2.15. The molecule has 2 aliphatic heterocycles. The van der Waals surface area contributed by atoms with E-state index < -0.39 is 0 Å². The highest BCUT2D eigenvalue weighted by Gasteiger charge is 2.23. The Morgan fingerprint density at radius 1 is 1.25 bits per heavy atom. The number of rotatable bonds is 7. The molecular formula is C21H36N4O3. The Hall–Kier alpha value is -1.60. The van der Waals surface area contributed by atoms with Crippen molar-refractivity contribution >= 4 is 5.96 Å². The lowest BCUT2D eigenvalue weighted by Gasteiger charge is -2.35. The molecule has 1 aromatic rings. The molecule has 2 fully saturated rings. The van der Waals surface area contributed by atoms with Crippen LogP contribution in [0.3, 0.4) is 0 Å². The van der Waals surface area contributed by atoms with Crippen molar-refractivity contribution in [3.8, 4) is 0 Å². The van der Waals surface area contributed by atoms with E-state index in [2.05, 4.69) is 22.3 Å². The third kappa shape index (κ3) is 5.95. The number of hydrogen-bond donors (Lipinski definition) is 1. The molecule has 1 aromatic heterocycles. The quantitative estimate of drug-likeness (QED) is 0.568. The molecule has 7 heteroatoms. The van der Waals surface area contributed by atoms with E-state index in [1.165, 1.54) is 18.4 Å². The van der Waals surface area contributed by atoms with Crippen molar-refractivity contribution in [1.29, 1.82) is 0 Å². The van der Waals surface area contributed by atoms with E-state index in [9.17, 15) is 0 Å². The molecule has 1 unspecified atom stereocenters. The molecule has 0 spiro atoms. The van der Waals surface area contributed by atoms with Gasteiger partial charge in [-0.15, -0.1) is 0 Å². The molecule has 3 rings (SSSR count). The SMILES string of the molecule is CCNC(=NCCc1c(C)noc1C)N1CCC(OCC2CCCCO2)CC1. The van der Waals surface area contributed by atoms with Gasteiger partial charge < -0.3 is 24.2 Å². The molecule has 0 amide bonds. The average Bonchev–Trinajstić information content (AvgIpc) is 3.05. The van der Waals surface area contributed by atoms with Crippen LogP contribution in [-0.4, -0.2) is 67.6 Å². The summed E-state index contributed by atoms with van der Waals surface area (Å²) in [6.45, 7) is 11.3. The summed E-state index contributed by atoms with van der Waals surface area (Å²) in [5.74, 6) is 1.90. The van der Waals surface area contributed by atoms with E-state index in [1.807, 2.05) is 13.8 Å². The molecule has 1 atom stereocenters. The van der Waals surface area contributed by atoms with Gasteiger partial charge >= 0.3 is 0 Å². The Labute approximate surface area is 168 Å². The van der Waals surface area contributed by atoms with Gasteiger partial charge in [0.1, 0.15) is 5.76 Å². The van der Waals surface area contributed by atoms with Gasteiger partial charge in [-0.1, -0.05) is 5.16 Å². The normalized spacial score (nSPS) is 21.9. The Morgan fingerprint density at radius 2 is 2.07 bits per heavy atom. The summed E-state index contributed by atoms with van der Waals surface area (Å²) in [5, 5.41) is 7.46. The maximum absolute atomic E-state index is 6.14. The van der Waals surface area contributed by atoms with Crippen LogP contribution in [0.2, 0.25) is 0 Å². The molecule has 0 radical (unpaired) electrons. The fourth-order valence-corrected chi connectivity index (χ4v) is 3.97. The minimum atomic E-state index is 0.301. The number of aliphatic imine (C=N–C) groups is 1. The molecule has 7 nitrogen and oxygen atoms in total. The second kappa shape index (κ2) is 10.8. The smallest absolute Gasteiger partial charge is 0.193 e. The van der Waals surface area contributed by atoms with Crippen LogP contribution in [0.4, 0.5) is 0 Å². The van der Waals surface area contributed by atoms with Gasteiger partial charge in [0.2, 0.25) is 0 Å². The average molecular weight is 393 g/mol. The van der Waals surface area contributed by atoms with E-state index >= 15 is 0 Å². The minimum Gasteiger partial charge on any atom is -0.376 e. The second-order valence-electron chi connectivity index (χ2n) is 7.80. The number of aryl methyl sites for hydroxylation is 2. The predicted octanol–water partition coefficient (Wildman–Crippen LogP) is 2.85. The maximum Gasteiger partial charge on any atom is 0.193 e. The van der Waals surface area contributed by atoms with Crippen LogP contribution in [0.5, 0.6) is 0 Å². The Morgan fingerprint density at radius 3 is 2.71 bits per heavy atom. The fraction of sp³-hybridized carbons (Fsp3) is 0.810. The molecule has 0 aromatic carbocycles. The third-order valence-corrected chi connectivity index (χ3v) is 5.67. The minimum absolute atomic E-state index is 0.301. The van der Waals surface area contributed by atoms with Gasteiger partial charge in [-0.2, -0.15) is 0 Å². The zero-order valence-corrected chi connectivity index (χ0v) is 17.7. The van der Waals surface area contributed by atoms with Gasteiger partial charge in [0.05, 0.1) is 24.5 Å². The van der Waals surface area contributed by atoms with Gasteiger partial charge in [-0.25, -0.2) is 0 Å². The lowest BCUT2D eigenvalue weighted by Crippen LogP contribution is -2.47. The van der Waals surface area contributed by atoms with Crippen LogP contribution in [0.15, 0.2) is 9.52 Å². The Bertz CT molecular complexity index is 598. The first-order chi connectivity index (χ1) is 13.7. The van der Waals surface area contributed by atoms with E-state index in [1.54, 1.807) is 0 Å². The van der Waals surface area contributed by atoms with E-state index in [4.69, 9.17) is 19.0 Å². The number of guanidine groups is 1. The molecule has 2 saturated heterocycles. The largest absolute Gasteiger partial charge is 0.376 e. The van der Waals surface area contributed by atoms with E-state index in [0.717, 1.165) is 82.5 Å². The van der Waals surface area contributed by atoms with Crippen LogP contribution in [0, 0.1) is 13.8 Å². The number of piperidine rings is 1. The van der Waals surface area contributed by atoms with Crippen molar-refractivity contribution in [3.63, 3.8) is 0 Å². The zero-order chi connectivity index (χ0) is 19.8. The molecule has 0 aliphatic carbocycles. The van der Waals surface area contributed by atoms with Gasteiger partial charge in [0.15, 0.2) is 5.96 Å². The topological polar surface area (TPSA) is 72.1 Å². The molecule has 1 N–H and O–H groups in total. The van der Waals surface area contributed by atoms with Crippen molar-refractivity contribution in [1.82, 2.24) is 15.4 Å². The first-order valence-corrected chi connectivity index (χ1v) is 10.9. The summed E-state index contributed by atoms with van der Waals surface area (Å²) < 4.78 is 17.2. The molecule has 158 valence electrons. The van der Waals surface area contributed by atoms with Crippen molar-refractivity contribution in [2.75, 3.05) is 39.4 Å². The lowest BCUT2D eigenvalue weighted by atomic mass is 10.1. The first-order valence-electron chi connectivity index (χ1n) is 10.9. The number of likely N-dealkylation sites (tertiary alicyclic amines) is 1. The molecule has 3 heterocycles. The standard InChI is InChI=1S/C21H36N4O3/c1-4-22-21(23-11-8-20-16(2)24-28-17(20)3)25-12-9-18(10-13-25)27-15-19-7-5-6-14-26-19/h18-19H,4-15H2,1-3H3,(H,22,23). The van der Waals surface area contributed by atoms with Crippen LogP contribution >= 0.6 is 0 Å². The van der Waals surface area contributed by atoms with Crippen LogP contribution in [-0.2, 0) is 15.9 Å². The first kappa shape index (κ1) is 21.1. The number of nitrogens with zero attached hydrogens (tertiary/aromatic N) is 3. The summed E-state index contributed by atoms with van der Waals surface area (Å²) >= 11 is 0. The monoisotopic (exact) mass is 392 g/mol. The highest BCUT2D eigenvalue weighted by atomic mass is 16.5. The Kier molecular flexibility index (Phi) is 8.15. The zero-order valence-electron chi connectivity index (χ0n) is 17.7. The second-order valence-corrected chi connectivity index (χ2v) is 7.80. The lowest BCUT2D eigenvalue weighted by molar-refractivity contribution is -0.0721. The Balaban J connectivity index is 1.44. The van der Waals surface area contributed by atoms with Gasteiger partial charge in [0, 0.05) is 38.3 Å². The molecule has 0 bridgehead atoms. The fourth-order valence-electron chi connectivity index (χ4n) is 3.97. The van der Waals surface area contributed by atoms with Gasteiger partial charge in [-0.05, 0) is 59.3 Å². The molecule has 2 aliphatic rings. The van der Waals surface area contributed by atoms with Crippen molar-refractivity contribution < 1.29 is 14.0 Å². The highest BCUT2D eigenvalue weighted by Crippen LogP contribution is 2.18. The number of aromatic nitrogens is 1. The summed E-state index contributed by atoms with van der Waals surface area (Å²) in [6.07, 6.45) is 7.18. The highest BCUT2D eigenvalue weighted by molar-refractivity contribution is 5.80. The maximum atomic E-state index is 6.14. The molecule has 0 saturated carbocycles. The predicted molar refractivity (Wildman–Crippen MR) is 110 cm³/mol. The van der Waals surface area contributed by atoms with Gasteiger partial charge in [0.25, 0.3) is 0 Å². The van der Waals surface area contributed by atoms with Crippen molar-refractivity contribution in [2.24, 2.45) is 4.99 Å². The number of hydrogen-bond acceptors (Lipinski definition) is 5. The van der Waals surface area contributed by atoms with Crippen LogP contribution in [0.1, 0.15) is 56.0 Å². The summed E-state index contributed by atoms with van der Waals surface area (Å²) in [6, 6.07) is 0. The molecular weight excluding hydrogens is 356 g/mol. The van der Waals surface area contributed by atoms with E-state index in [0.29, 0.717) is 12.2 Å². The van der Waals surface area contributed by atoms with Crippen molar-refractivity contribution in [2.45, 2.75) is 71.5 Å². The molecule has 28 heavy (non-hydrogen) atoms. The number of ether oxygens (including phenoxy) is 2. The van der Waals surface area contributed by atoms with Gasteiger partial charge in [-0.3, -0.25) is 4.99 Å². The van der Waals surface area contributed by atoms with Crippen LogP contribution in [0.25, 0.3) is 0 Å². The van der Waals surface area contributed by atoms with Crippen LogP contribution < -0.4 is 5.32 Å².